The zero-order valence-corrected chi connectivity index (χ0v) is 7.88. The SMILES string of the molecule is OCC1(c2cccc(Cl)c2O)CC1. The summed E-state index contributed by atoms with van der Waals surface area (Å²) in [4.78, 5) is 0. The lowest BCUT2D eigenvalue weighted by Crippen LogP contribution is -2.11. The largest absolute Gasteiger partial charge is 0.506 e. The van der Waals surface area contributed by atoms with Crippen molar-refractivity contribution in [1.29, 1.82) is 0 Å². The Labute approximate surface area is 81.8 Å². The summed E-state index contributed by atoms with van der Waals surface area (Å²) in [6.07, 6.45) is 1.86. The van der Waals surface area contributed by atoms with E-state index in [1.807, 2.05) is 6.07 Å². The average Bonchev–Trinajstić information content (AvgIpc) is 2.90. The average molecular weight is 199 g/mol. The summed E-state index contributed by atoms with van der Waals surface area (Å²) in [5, 5.41) is 19.2. The number of phenols is 1. The Balaban J connectivity index is 2.46. The Morgan fingerprint density at radius 2 is 2.08 bits per heavy atom. The molecule has 2 rings (SSSR count). The summed E-state index contributed by atoms with van der Waals surface area (Å²) in [7, 11) is 0. The van der Waals surface area contributed by atoms with Crippen LogP contribution in [0.5, 0.6) is 5.75 Å². The van der Waals surface area contributed by atoms with Gasteiger partial charge in [-0.25, -0.2) is 0 Å². The minimum Gasteiger partial charge on any atom is -0.506 e. The van der Waals surface area contributed by atoms with Crippen LogP contribution < -0.4 is 0 Å². The normalized spacial score (nSPS) is 18.6. The van der Waals surface area contributed by atoms with Crippen molar-refractivity contribution in [1.82, 2.24) is 0 Å². The van der Waals surface area contributed by atoms with Gasteiger partial charge < -0.3 is 10.2 Å². The molecule has 0 heterocycles. The van der Waals surface area contributed by atoms with Gasteiger partial charge in [0, 0.05) is 11.0 Å². The highest BCUT2D eigenvalue weighted by atomic mass is 35.5. The standard InChI is InChI=1S/C10H11ClO2/c11-8-3-1-2-7(9(8)13)10(6-12)4-5-10/h1-3,12-13H,4-6H2. The van der Waals surface area contributed by atoms with E-state index >= 15 is 0 Å². The van der Waals surface area contributed by atoms with Gasteiger partial charge >= 0.3 is 0 Å². The van der Waals surface area contributed by atoms with E-state index in [2.05, 4.69) is 0 Å². The molecule has 70 valence electrons. The van der Waals surface area contributed by atoms with Gasteiger partial charge in [-0.3, -0.25) is 0 Å². The Hall–Kier alpha value is -0.730. The van der Waals surface area contributed by atoms with E-state index in [0.29, 0.717) is 5.02 Å². The number of para-hydroxylation sites is 1. The zero-order valence-electron chi connectivity index (χ0n) is 7.13. The number of aliphatic hydroxyl groups is 1. The molecule has 1 saturated carbocycles. The molecule has 1 aromatic carbocycles. The summed E-state index contributed by atoms with van der Waals surface area (Å²) >= 11 is 5.77. The maximum Gasteiger partial charge on any atom is 0.138 e. The molecule has 13 heavy (non-hydrogen) atoms. The molecule has 1 fully saturated rings. The van der Waals surface area contributed by atoms with Gasteiger partial charge in [-0.05, 0) is 18.9 Å². The lowest BCUT2D eigenvalue weighted by atomic mass is 9.96. The fourth-order valence-electron chi connectivity index (χ4n) is 1.61. The van der Waals surface area contributed by atoms with Crippen LogP contribution in [0.3, 0.4) is 0 Å². The molecular weight excluding hydrogens is 188 g/mol. The quantitative estimate of drug-likeness (QED) is 0.764. The van der Waals surface area contributed by atoms with E-state index in [1.54, 1.807) is 12.1 Å². The Bertz CT molecular complexity index is 332. The number of benzene rings is 1. The molecule has 0 amide bonds. The van der Waals surface area contributed by atoms with Crippen LogP contribution in [0.1, 0.15) is 18.4 Å². The summed E-state index contributed by atoms with van der Waals surface area (Å²) in [5.41, 5.74) is 0.567. The smallest absolute Gasteiger partial charge is 0.138 e. The third-order valence-corrected chi connectivity index (χ3v) is 3.02. The first-order valence-electron chi connectivity index (χ1n) is 4.28. The van der Waals surface area contributed by atoms with Crippen LogP contribution in [-0.2, 0) is 5.41 Å². The predicted molar refractivity (Wildman–Crippen MR) is 51.1 cm³/mol. The highest BCUT2D eigenvalue weighted by Crippen LogP contribution is 2.51. The number of phenolic OH excluding ortho intramolecular Hbond substituents is 1. The van der Waals surface area contributed by atoms with Crippen molar-refractivity contribution in [2.45, 2.75) is 18.3 Å². The summed E-state index contributed by atoms with van der Waals surface area (Å²) in [6.45, 7) is 0.0842. The summed E-state index contributed by atoms with van der Waals surface area (Å²) < 4.78 is 0. The van der Waals surface area contributed by atoms with E-state index in [1.165, 1.54) is 0 Å². The van der Waals surface area contributed by atoms with Crippen molar-refractivity contribution in [3.05, 3.63) is 28.8 Å². The molecular formula is C10H11ClO2. The molecule has 1 aliphatic carbocycles. The van der Waals surface area contributed by atoms with Crippen LogP contribution in [0.15, 0.2) is 18.2 Å². The van der Waals surface area contributed by atoms with Crippen LogP contribution in [0.2, 0.25) is 5.02 Å². The molecule has 0 unspecified atom stereocenters. The van der Waals surface area contributed by atoms with Crippen molar-refractivity contribution in [2.75, 3.05) is 6.61 Å². The summed E-state index contributed by atoms with van der Waals surface area (Å²) in [6, 6.07) is 5.27. The molecule has 0 aliphatic heterocycles. The minimum absolute atomic E-state index is 0.0842. The molecule has 2 nitrogen and oxygen atoms in total. The highest BCUT2D eigenvalue weighted by molar-refractivity contribution is 6.32. The number of aliphatic hydroxyl groups excluding tert-OH is 1. The first-order chi connectivity index (χ1) is 6.19. The third-order valence-electron chi connectivity index (χ3n) is 2.71. The lowest BCUT2D eigenvalue weighted by molar-refractivity contribution is 0.252. The van der Waals surface area contributed by atoms with Crippen molar-refractivity contribution < 1.29 is 10.2 Å². The molecule has 0 radical (unpaired) electrons. The number of hydrogen-bond acceptors (Lipinski definition) is 2. The molecule has 0 atom stereocenters. The van der Waals surface area contributed by atoms with Crippen LogP contribution in [0.4, 0.5) is 0 Å². The third kappa shape index (κ3) is 1.30. The van der Waals surface area contributed by atoms with Crippen LogP contribution in [-0.4, -0.2) is 16.8 Å². The second-order valence-electron chi connectivity index (χ2n) is 3.57. The van der Waals surface area contributed by atoms with Gasteiger partial charge in [0.25, 0.3) is 0 Å². The van der Waals surface area contributed by atoms with Crippen molar-refractivity contribution in [3.63, 3.8) is 0 Å². The van der Waals surface area contributed by atoms with E-state index < -0.39 is 0 Å². The van der Waals surface area contributed by atoms with E-state index in [9.17, 15) is 10.2 Å². The highest BCUT2D eigenvalue weighted by Gasteiger charge is 2.45. The van der Waals surface area contributed by atoms with Crippen LogP contribution in [0, 0.1) is 0 Å². The molecule has 0 saturated heterocycles. The molecule has 0 bridgehead atoms. The van der Waals surface area contributed by atoms with Crippen molar-refractivity contribution in [3.8, 4) is 5.75 Å². The number of rotatable bonds is 2. The molecule has 0 aromatic heterocycles. The fourth-order valence-corrected chi connectivity index (χ4v) is 1.78. The van der Waals surface area contributed by atoms with Crippen LogP contribution in [0.25, 0.3) is 0 Å². The second kappa shape index (κ2) is 2.89. The van der Waals surface area contributed by atoms with E-state index in [0.717, 1.165) is 18.4 Å². The maximum absolute atomic E-state index is 9.66. The second-order valence-corrected chi connectivity index (χ2v) is 3.98. The topological polar surface area (TPSA) is 40.5 Å². The molecule has 1 aromatic rings. The lowest BCUT2D eigenvalue weighted by Gasteiger charge is -2.14. The molecule has 3 heteroatoms. The first-order valence-corrected chi connectivity index (χ1v) is 4.66. The van der Waals surface area contributed by atoms with E-state index in [-0.39, 0.29) is 17.8 Å². The minimum atomic E-state index is -0.213. The van der Waals surface area contributed by atoms with Crippen molar-refractivity contribution in [2.24, 2.45) is 0 Å². The fraction of sp³-hybridized carbons (Fsp3) is 0.400. The molecule has 2 N–H and O–H groups in total. The number of hydrogen-bond donors (Lipinski definition) is 2. The van der Waals surface area contributed by atoms with Gasteiger partial charge in [-0.2, -0.15) is 0 Å². The number of halogens is 1. The Morgan fingerprint density at radius 3 is 2.62 bits per heavy atom. The van der Waals surface area contributed by atoms with Gasteiger partial charge in [-0.1, -0.05) is 23.7 Å². The van der Waals surface area contributed by atoms with Crippen LogP contribution >= 0.6 is 11.6 Å². The Kier molecular flexibility index (Phi) is 1.97. The van der Waals surface area contributed by atoms with Crippen molar-refractivity contribution >= 4 is 11.6 Å². The van der Waals surface area contributed by atoms with Gasteiger partial charge in [-0.15, -0.1) is 0 Å². The summed E-state index contributed by atoms with van der Waals surface area (Å²) in [5.74, 6) is 0.121. The first kappa shape index (κ1) is 8.85. The molecule has 1 aliphatic rings. The van der Waals surface area contributed by atoms with Gasteiger partial charge in [0.05, 0.1) is 11.6 Å². The molecule has 0 spiro atoms. The van der Waals surface area contributed by atoms with E-state index in [4.69, 9.17) is 11.6 Å². The van der Waals surface area contributed by atoms with Gasteiger partial charge in [0.2, 0.25) is 0 Å². The van der Waals surface area contributed by atoms with Gasteiger partial charge in [0.15, 0.2) is 0 Å². The number of aromatic hydroxyl groups is 1. The maximum atomic E-state index is 9.66. The predicted octanol–water partition coefficient (Wildman–Crippen LogP) is 2.07. The monoisotopic (exact) mass is 198 g/mol. The Morgan fingerprint density at radius 1 is 1.38 bits per heavy atom. The zero-order chi connectivity index (χ0) is 9.47. The van der Waals surface area contributed by atoms with Gasteiger partial charge in [0.1, 0.15) is 5.75 Å².